The second-order valence-electron chi connectivity index (χ2n) is 9.75. The first-order valence-corrected chi connectivity index (χ1v) is 13.6. The van der Waals surface area contributed by atoms with E-state index in [2.05, 4.69) is 53.0 Å². The molecule has 0 fully saturated rings. The maximum Gasteiger partial charge on any atom is 0.251 e. The molecule has 2 amide bonds. The van der Waals surface area contributed by atoms with Crippen LogP contribution >= 0.6 is 0 Å². The number of carbonyl (C=O) groups is 2. The standard InChI is InChI=1S/C23H38N2O3Si/c1-9-20-16(2)14-19-15-18(10-11-21(19)25(20)17(3)26)22(27)24-12-13-28-29(7,8)23(4,5)6/h10-11,15-16,20H,9,12-14H2,1-8H3,(H,24,27). The summed E-state index contributed by atoms with van der Waals surface area (Å²) in [5, 5.41) is 3.13. The molecule has 6 heteroatoms. The Morgan fingerprint density at radius 1 is 1.28 bits per heavy atom. The summed E-state index contributed by atoms with van der Waals surface area (Å²) in [6, 6.07) is 5.90. The predicted molar refractivity (Wildman–Crippen MR) is 122 cm³/mol. The van der Waals surface area contributed by atoms with Crippen molar-refractivity contribution in [3.05, 3.63) is 29.3 Å². The summed E-state index contributed by atoms with van der Waals surface area (Å²) >= 11 is 0. The third-order valence-corrected chi connectivity index (χ3v) is 11.1. The second-order valence-corrected chi connectivity index (χ2v) is 14.6. The van der Waals surface area contributed by atoms with Gasteiger partial charge in [0.05, 0.1) is 6.61 Å². The van der Waals surface area contributed by atoms with Gasteiger partial charge in [0.15, 0.2) is 8.32 Å². The molecule has 5 nitrogen and oxygen atoms in total. The molecule has 1 aromatic rings. The monoisotopic (exact) mass is 418 g/mol. The normalized spacial score (nSPS) is 19.7. The van der Waals surface area contributed by atoms with Gasteiger partial charge >= 0.3 is 0 Å². The first kappa shape index (κ1) is 23.6. The van der Waals surface area contributed by atoms with Crippen molar-refractivity contribution in [1.29, 1.82) is 0 Å². The molecule has 1 aliphatic heterocycles. The number of carbonyl (C=O) groups excluding carboxylic acids is 2. The van der Waals surface area contributed by atoms with Gasteiger partial charge in [-0.25, -0.2) is 0 Å². The van der Waals surface area contributed by atoms with Gasteiger partial charge in [-0.1, -0.05) is 34.6 Å². The lowest BCUT2D eigenvalue weighted by atomic mass is 9.84. The molecule has 0 saturated carbocycles. The van der Waals surface area contributed by atoms with Gasteiger partial charge in [-0.2, -0.15) is 0 Å². The molecular formula is C23H38N2O3Si. The smallest absolute Gasteiger partial charge is 0.251 e. The zero-order valence-corrected chi connectivity index (χ0v) is 20.4. The van der Waals surface area contributed by atoms with Crippen LogP contribution in [0.3, 0.4) is 0 Å². The Morgan fingerprint density at radius 2 is 1.93 bits per heavy atom. The summed E-state index contributed by atoms with van der Waals surface area (Å²) < 4.78 is 6.13. The number of hydrogen-bond donors (Lipinski definition) is 1. The summed E-state index contributed by atoms with van der Waals surface area (Å²) in [5.41, 5.74) is 2.66. The Kier molecular flexibility index (Phi) is 7.33. The zero-order chi connectivity index (χ0) is 22.0. The van der Waals surface area contributed by atoms with Crippen LogP contribution in [-0.2, 0) is 15.6 Å². The van der Waals surface area contributed by atoms with Gasteiger partial charge in [0, 0.05) is 30.8 Å². The first-order chi connectivity index (χ1) is 13.4. The molecule has 0 radical (unpaired) electrons. The van der Waals surface area contributed by atoms with Crippen LogP contribution in [-0.4, -0.2) is 39.3 Å². The van der Waals surface area contributed by atoms with Gasteiger partial charge in [-0.15, -0.1) is 0 Å². The zero-order valence-electron chi connectivity index (χ0n) is 19.4. The van der Waals surface area contributed by atoms with Gasteiger partial charge in [-0.3, -0.25) is 9.59 Å². The number of hydrogen-bond acceptors (Lipinski definition) is 3. The van der Waals surface area contributed by atoms with Crippen molar-refractivity contribution in [1.82, 2.24) is 5.32 Å². The van der Waals surface area contributed by atoms with E-state index in [0.717, 1.165) is 24.1 Å². The minimum Gasteiger partial charge on any atom is -0.415 e. The summed E-state index contributed by atoms with van der Waals surface area (Å²) in [6.45, 7) is 18.0. The molecule has 2 rings (SSSR count). The largest absolute Gasteiger partial charge is 0.415 e. The fourth-order valence-corrected chi connectivity index (χ4v) is 4.86. The summed E-state index contributed by atoms with van der Waals surface area (Å²) in [7, 11) is -1.80. The van der Waals surface area contributed by atoms with Crippen LogP contribution in [0.1, 0.15) is 63.9 Å². The van der Waals surface area contributed by atoms with Crippen LogP contribution in [0, 0.1) is 5.92 Å². The van der Waals surface area contributed by atoms with Crippen molar-refractivity contribution in [2.24, 2.45) is 5.92 Å². The van der Waals surface area contributed by atoms with Crippen molar-refractivity contribution >= 4 is 25.8 Å². The third kappa shape index (κ3) is 5.28. The highest BCUT2D eigenvalue weighted by molar-refractivity contribution is 6.74. The molecule has 1 heterocycles. The van der Waals surface area contributed by atoms with Crippen LogP contribution < -0.4 is 10.2 Å². The van der Waals surface area contributed by atoms with Crippen molar-refractivity contribution in [2.45, 2.75) is 78.6 Å². The van der Waals surface area contributed by atoms with Crippen molar-refractivity contribution in [3.8, 4) is 0 Å². The highest BCUT2D eigenvalue weighted by atomic mass is 28.4. The topological polar surface area (TPSA) is 58.6 Å². The summed E-state index contributed by atoms with van der Waals surface area (Å²) in [5.74, 6) is 0.337. The molecule has 0 aliphatic carbocycles. The van der Waals surface area contributed by atoms with E-state index in [4.69, 9.17) is 4.43 Å². The van der Waals surface area contributed by atoms with Crippen LogP contribution in [0.2, 0.25) is 18.1 Å². The number of nitrogens with one attached hydrogen (secondary N) is 1. The Morgan fingerprint density at radius 3 is 2.48 bits per heavy atom. The van der Waals surface area contributed by atoms with E-state index in [1.165, 1.54) is 0 Å². The number of amides is 2. The first-order valence-electron chi connectivity index (χ1n) is 10.7. The van der Waals surface area contributed by atoms with Crippen LogP contribution in [0.5, 0.6) is 0 Å². The molecule has 162 valence electrons. The minimum atomic E-state index is -1.80. The van der Waals surface area contributed by atoms with Crippen LogP contribution in [0.15, 0.2) is 18.2 Å². The van der Waals surface area contributed by atoms with E-state index < -0.39 is 8.32 Å². The fraction of sp³-hybridized carbons (Fsp3) is 0.652. The van der Waals surface area contributed by atoms with Gasteiger partial charge in [0.1, 0.15) is 0 Å². The molecule has 1 aromatic carbocycles. The minimum absolute atomic E-state index is 0.0598. The van der Waals surface area contributed by atoms with E-state index in [-0.39, 0.29) is 22.9 Å². The molecular weight excluding hydrogens is 380 g/mol. The van der Waals surface area contributed by atoms with E-state index in [1.807, 2.05) is 23.1 Å². The highest BCUT2D eigenvalue weighted by Crippen LogP contribution is 2.37. The Hall–Kier alpha value is -1.66. The number of benzene rings is 1. The molecule has 1 aliphatic rings. The van der Waals surface area contributed by atoms with Gasteiger partial charge < -0.3 is 14.6 Å². The Balaban J connectivity index is 2.05. The lowest BCUT2D eigenvalue weighted by Gasteiger charge is -2.40. The summed E-state index contributed by atoms with van der Waals surface area (Å²) in [4.78, 5) is 26.8. The van der Waals surface area contributed by atoms with Crippen LogP contribution in [0.25, 0.3) is 0 Å². The summed E-state index contributed by atoms with van der Waals surface area (Å²) in [6.07, 6.45) is 1.81. The average molecular weight is 419 g/mol. The number of anilines is 1. The van der Waals surface area contributed by atoms with E-state index >= 15 is 0 Å². The maximum atomic E-state index is 12.6. The van der Waals surface area contributed by atoms with Crippen molar-refractivity contribution in [2.75, 3.05) is 18.1 Å². The number of nitrogens with zero attached hydrogens (tertiary/aromatic N) is 1. The molecule has 2 atom stereocenters. The second kappa shape index (κ2) is 9.00. The van der Waals surface area contributed by atoms with Gasteiger partial charge in [0.2, 0.25) is 5.91 Å². The molecule has 0 saturated heterocycles. The van der Waals surface area contributed by atoms with E-state index in [0.29, 0.717) is 24.6 Å². The fourth-order valence-electron chi connectivity index (χ4n) is 3.82. The molecule has 0 bridgehead atoms. The third-order valence-electron chi connectivity index (χ3n) is 6.55. The lowest BCUT2D eigenvalue weighted by molar-refractivity contribution is -0.117. The quantitative estimate of drug-likeness (QED) is 0.535. The van der Waals surface area contributed by atoms with Crippen molar-refractivity contribution in [3.63, 3.8) is 0 Å². The van der Waals surface area contributed by atoms with Gasteiger partial charge in [0.25, 0.3) is 5.91 Å². The molecule has 1 N–H and O–H groups in total. The molecule has 0 aromatic heterocycles. The Bertz CT molecular complexity index is 755. The lowest BCUT2D eigenvalue weighted by Crippen LogP contribution is -2.46. The molecule has 29 heavy (non-hydrogen) atoms. The molecule has 2 unspecified atom stereocenters. The van der Waals surface area contributed by atoms with E-state index in [9.17, 15) is 9.59 Å². The number of rotatable bonds is 6. The predicted octanol–water partition coefficient (Wildman–Crippen LogP) is 4.76. The van der Waals surface area contributed by atoms with Crippen molar-refractivity contribution < 1.29 is 14.0 Å². The molecule has 0 spiro atoms. The van der Waals surface area contributed by atoms with E-state index in [1.54, 1.807) is 6.92 Å². The highest BCUT2D eigenvalue weighted by Gasteiger charge is 2.37. The maximum absolute atomic E-state index is 12.6. The Labute approximate surface area is 177 Å². The number of fused-ring (bicyclic) bond motifs is 1. The SMILES string of the molecule is CCC1C(C)Cc2cc(C(=O)NCCO[Si](C)(C)C(C)(C)C)ccc2N1C(C)=O. The van der Waals surface area contributed by atoms with Gasteiger partial charge in [-0.05, 0) is 60.7 Å². The average Bonchev–Trinajstić information content (AvgIpc) is 2.62. The van der Waals surface area contributed by atoms with Crippen LogP contribution in [0.4, 0.5) is 5.69 Å².